The van der Waals surface area contributed by atoms with Crippen molar-refractivity contribution < 1.29 is 0 Å². The van der Waals surface area contributed by atoms with Gasteiger partial charge in [0.15, 0.2) is 0 Å². The van der Waals surface area contributed by atoms with Crippen molar-refractivity contribution in [2.45, 2.75) is 71.4 Å². The second-order valence-electron chi connectivity index (χ2n) is 5.99. The summed E-state index contributed by atoms with van der Waals surface area (Å²) in [6.45, 7) is 7.15. The summed E-state index contributed by atoms with van der Waals surface area (Å²) in [7, 11) is 0. The van der Waals surface area contributed by atoms with Gasteiger partial charge in [-0.05, 0) is 37.0 Å². The summed E-state index contributed by atoms with van der Waals surface area (Å²) in [5.41, 5.74) is 0.555. The first-order chi connectivity index (χ1) is 6.63. The zero-order valence-electron chi connectivity index (χ0n) is 9.97. The highest BCUT2D eigenvalue weighted by Crippen LogP contribution is 2.41. The first kappa shape index (κ1) is 10.5. The third-order valence-electron chi connectivity index (χ3n) is 4.25. The molecule has 1 heteroatoms. The molecule has 0 spiro atoms. The van der Waals surface area contributed by atoms with Crippen LogP contribution in [0.25, 0.3) is 0 Å². The fraction of sp³-hybridized carbons (Fsp3) is 1.00. The van der Waals surface area contributed by atoms with Gasteiger partial charge >= 0.3 is 0 Å². The summed E-state index contributed by atoms with van der Waals surface area (Å²) in [6, 6.07) is 1.67. The Labute approximate surface area is 88.7 Å². The average molecular weight is 195 g/mol. The normalized spacial score (nSPS) is 40.1. The third kappa shape index (κ3) is 2.13. The van der Waals surface area contributed by atoms with Gasteiger partial charge in [0, 0.05) is 12.1 Å². The molecule has 0 radical (unpaired) electrons. The Morgan fingerprint density at radius 3 is 2.71 bits per heavy atom. The molecule has 0 bridgehead atoms. The highest BCUT2D eigenvalue weighted by Gasteiger charge is 2.42. The minimum Gasteiger partial charge on any atom is -0.310 e. The highest BCUT2D eigenvalue weighted by atomic mass is 15.0. The smallest absolute Gasteiger partial charge is 0.0121 e. The predicted molar refractivity (Wildman–Crippen MR) is 61.4 cm³/mol. The van der Waals surface area contributed by atoms with Gasteiger partial charge in [0.05, 0.1) is 0 Å². The fourth-order valence-electron chi connectivity index (χ4n) is 3.04. The molecule has 2 saturated carbocycles. The second kappa shape index (κ2) is 3.84. The number of rotatable bonds is 4. The largest absolute Gasteiger partial charge is 0.310 e. The molecule has 0 aromatic rings. The van der Waals surface area contributed by atoms with E-state index in [2.05, 4.69) is 26.1 Å². The van der Waals surface area contributed by atoms with Gasteiger partial charge in [-0.3, -0.25) is 0 Å². The Balaban J connectivity index is 1.76. The standard InChI is InChI=1S/C13H25N/c1-4-6-10-9-11(10)14-12-7-5-8-13(12,2)3/h10-12,14H,4-9H2,1-3H3. The summed E-state index contributed by atoms with van der Waals surface area (Å²) >= 11 is 0. The number of hydrogen-bond acceptors (Lipinski definition) is 1. The van der Waals surface area contributed by atoms with Crippen LogP contribution in [0.3, 0.4) is 0 Å². The Kier molecular flexibility index (Phi) is 2.88. The lowest BCUT2D eigenvalue weighted by Gasteiger charge is -2.28. The van der Waals surface area contributed by atoms with Crippen molar-refractivity contribution >= 4 is 0 Å². The molecule has 1 nitrogen and oxygen atoms in total. The summed E-state index contributed by atoms with van der Waals surface area (Å²) in [4.78, 5) is 0. The monoisotopic (exact) mass is 195 g/mol. The van der Waals surface area contributed by atoms with E-state index < -0.39 is 0 Å². The van der Waals surface area contributed by atoms with Crippen molar-refractivity contribution in [3.8, 4) is 0 Å². The van der Waals surface area contributed by atoms with Crippen LogP contribution in [0, 0.1) is 11.3 Å². The molecule has 0 amide bonds. The molecule has 2 aliphatic rings. The fourth-order valence-corrected chi connectivity index (χ4v) is 3.04. The quantitative estimate of drug-likeness (QED) is 0.725. The van der Waals surface area contributed by atoms with E-state index in [1.54, 1.807) is 0 Å². The molecule has 0 aromatic carbocycles. The van der Waals surface area contributed by atoms with Gasteiger partial charge in [0.2, 0.25) is 0 Å². The molecule has 2 rings (SSSR count). The van der Waals surface area contributed by atoms with Crippen molar-refractivity contribution in [2.75, 3.05) is 0 Å². The van der Waals surface area contributed by atoms with Crippen LogP contribution in [0.4, 0.5) is 0 Å². The van der Waals surface area contributed by atoms with Crippen molar-refractivity contribution in [1.82, 2.24) is 5.32 Å². The molecule has 3 unspecified atom stereocenters. The van der Waals surface area contributed by atoms with Gasteiger partial charge in [0.1, 0.15) is 0 Å². The molecule has 2 fully saturated rings. The van der Waals surface area contributed by atoms with Gasteiger partial charge in [0.25, 0.3) is 0 Å². The van der Waals surface area contributed by atoms with Crippen LogP contribution in [0.15, 0.2) is 0 Å². The Morgan fingerprint density at radius 1 is 1.36 bits per heavy atom. The van der Waals surface area contributed by atoms with Gasteiger partial charge in [-0.2, -0.15) is 0 Å². The highest BCUT2D eigenvalue weighted by molar-refractivity contribution is 4.99. The minimum absolute atomic E-state index is 0.555. The molecule has 0 heterocycles. The SMILES string of the molecule is CCCC1CC1NC1CCCC1(C)C. The molecule has 0 aliphatic heterocycles. The Hall–Kier alpha value is -0.0400. The van der Waals surface area contributed by atoms with Crippen LogP contribution in [0.1, 0.15) is 59.3 Å². The topological polar surface area (TPSA) is 12.0 Å². The van der Waals surface area contributed by atoms with E-state index in [-0.39, 0.29) is 0 Å². The van der Waals surface area contributed by atoms with Crippen LogP contribution >= 0.6 is 0 Å². The van der Waals surface area contributed by atoms with Gasteiger partial charge < -0.3 is 5.32 Å². The van der Waals surface area contributed by atoms with Gasteiger partial charge in [-0.25, -0.2) is 0 Å². The predicted octanol–water partition coefficient (Wildman–Crippen LogP) is 3.34. The molecule has 3 atom stereocenters. The van der Waals surface area contributed by atoms with Gasteiger partial charge in [-0.1, -0.05) is 33.6 Å². The maximum Gasteiger partial charge on any atom is 0.0121 e. The Morgan fingerprint density at radius 2 is 2.14 bits per heavy atom. The van der Waals surface area contributed by atoms with Gasteiger partial charge in [-0.15, -0.1) is 0 Å². The zero-order valence-corrected chi connectivity index (χ0v) is 9.97. The molecule has 2 aliphatic carbocycles. The maximum absolute atomic E-state index is 3.88. The molecule has 0 saturated heterocycles. The van der Waals surface area contributed by atoms with E-state index in [0.717, 1.165) is 18.0 Å². The molecular weight excluding hydrogens is 170 g/mol. The lowest BCUT2D eigenvalue weighted by atomic mass is 9.87. The van der Waals surface area contributed by atoms with Crippen molar-refractivity contribution in [3.05, 3.63) is 0 Å². The summed E-state index contributed by atoms with van der Waals surface area (Å²) < 4.78 is 0. The van der Waals surface area contributed by atoms with Crippen LogP contribution in [-0.4, -0.2) is 12.1 Å². The minimum atomic E-state index is 0.555. The number of nitrogens with one attached hydrogen (secondary N) is 1. The lowest BCUT2D eigenvalue weighted by molar-refractivity contribution is 0.278. The molecule has 82 valence electrons. The molecule has 0 aromatic heterocycles. The van der Waals surface area contributed by atoms with E-state index >= 15 is 0 Å². The van der Waals surface area contributed by atoms with Crippen molar-refractivity contribution in [2.24, 2.45) is 11.3 Å². The molecular formula is C13H25N. The average Bonchev–Trinajstić information content (AvgIpc) is 2.73. The third-order valence-corrected chi connectivity index (χ3v) is 4.25. The van der Waals surface area contributed by atoms with E-state index in [4.69, 9.17) is 0 Å². The maximum atomic E-state index is 3.88. The first-order valence-electron chi connectivity index (χ1n) is 6.39. The first-order valence-corrected chi connectivity index (χ1v) is 6.39. The van der Waals surface area contributed by atoms with E-state index in [9.17, 15) is 0 Å². The van der Waals surface area contributed by atoms with E-state index in [1.807, 2.05) is 0 Å². The lowest BCUT2D eigenvalue weighted by Crippen LogP contribution is -2.39. The Bertz CT molecular complexity index is 197. The van der Waals surface area contributed by atoms with Crippen molar-refractivity contribution in [3.63, 3.8) is 0 Å². The summed E-state index contributed by atoms with van der Waals surface area (Å²) in [6.07, 6.45) is 8.48. The van der Waals surface area contributed by atoms with Crippen LogP contribution in [0.2, 0.25) is 0 Å². The van der Waals surface area contributed by atoms with Crippen molar-refractivity contribution in [1.29, 1.82) is 0 Å². The second-order valence-corrected chi connectivity index (χ2v) is 5.99. The summed E-state index contributed by atoms with van der Waals surface area (Å²) in [5, 5.41) is 3.88. The van der Waals surface area contributed by atoms with Crippen LogP contribution < -0.4 is 5.32 Å². The summed E-state index contributed by atoms with van der Waals surface area (Å²) in [5.74, 6) is 1.01. The molecule has 14 heavy (non-hydrogen) atoms. The van der Waals surface area contributed by atoms with Crippen LogP contribution in [0.5, 0.6) is 0 Å². The van der Waals surface area contributed by atoms with E-state index in [1.165, 1.54) is 38.5 Å². The van der Waals surface area contributed by atoms with E-state index in [0.29, 0.717) is 5.41 Å². The zero-order chi connectivity index (χ0) is 10.2. The molecule has 1 N–H and O–H groups in total. The van der Waals surface area contributed by atoms with Crippen LogP contribution in [-0.2, 0) is 0 Å². The number of hydrogen-bond donors (Lipinski definition) is 1.